The molecular formula is C25H30Cl2N2O6S. The van der Waals surface area contributed by atoms with Gasteiger partial charge >= 0.3 is 17.9 Å². The Morgan fingerprint density at radius 3 is 2.31 bits per heavy atom. The summed E-state index contributed by atoms with van der Waals surface area (Å²) in [6, 6.07) is 3.10. The molecule has 1 saturated heterocycles. The van der Waals surface area contributed by atoms with E-state index in [0.29, 0.717) is 12.8 Å². The molecule has 0 aliphatic carbocycles. The molecule has 196 valence electrons. The number of hydrogen-bond donors (Lipinski definition) is 3. The Morgan fingerprint density at radius 1 is 1.14 bits per heavy atom. The number of carboxylic acids is 2. The minimum atomic E-state index is -1.73. The molecule has 11 heteroatoms. The molecular weight excluding hydrogens is 527 g/mol. The van der Waals surface area contributed by atoms with Gasteiger partial charge in [0.1, 0.15) is 0 Å². The third-order valence-corrected chi connectivity index (χ3v) is 8.90. The van der Waals surface area contributed by atoms with Gasteiger partial charge in [0, 0.05) is 46.0 Å². The summed E-state index contributed by atoms with van der Waals surface area (Å²) < 4.78 is 5.16. The van der Waals surface area contributed by atoms with Crippen LogP contribution in [-0.4, -0.2) is 51.8 Å². The lowest BCUT2D eigenvalue weighted by atomic mass is 9.50. The van der Waals surface area contributed by atoms with E-state index in [1.807, 2.05) is 5.38 Å². The smallest absolute Gasteiger partial charge is 0.311 e. The summed E-state index contributed by atoms with van der Waals surface area (Å²) in [7, 11) is 0. The standard InChI is InChI=1S/C25H30Cl2N2O6S/c1-4-25(23(33)34)17(13-19(30)35-5-2)29-16(9-10-18-28-11-12-36-18)24(3,22(31)32)21(25)20-14(26)7-6-8-15(20)27/h6-8,11-12,16-17,21,29H,4-5,9-10,13H2,1-3H3,(H,31,32)(H,33,34). The molecule has 5 unspecified atom stereocenters. The molecule has 36 heavy (non-hydrogen) atoms. The Kier molecular flexibility index (Phi) is 9.03. The Balaban J connectivity index is 2.28. The van der Waals surface area contributed by atoms with Gasteiger partial charge in [-0.3, -0.25) is 14.4 Å². The number of aromatic nitrogens is 1. The summed E-state index contributed by atoms with van der Waals surface area (Å²) in [5.41, 5.74) is -3.12. The zero-order valence-electron chi connectivity index (χ0n) is 20.3. The molecule has 0 saturated carbocycles. The van der Waals surface area contributed by atoms with Crippen LogP contribution in [0.2, 0.25) is 10.0 Å². The molecule has 1 aromatic carbocycles. The topological polar surface area (TPSA) is 126 Å². The molecule has 2 aromatic rings. The van der Waals surface area contributed by atoms with Crippen LogP contribution in [0.3, 0.4) is 0 Å². The number of ether oxygens (including phenoxy) is 1. The zero-order valence-corrected chi connectivity index (χ0v) is 22.6. The van der Waals surface area contributed by atoms with E-state index in [0.717, 1.165) is 5.01 Å². The summed E-state index contributed by atoms with van der Waals surface area (Å²) in [4.78, 5) is 43.2. The van der Waals surface area contributed by atoms with Crippen LogP contribution in [-0.2, 0) is 25.5 Å². The minimum absolute atomic E-state index is 0.0215. The van der Waals surface area contributed by atoms with Gasteiger partial charge in [-0.1, -0.05) is 36.2 Å². The first-order valence-corrected chi connectivity index (χ1v) is 13.4. The van der Waals surface area contributed by atoms with Gasteiger partial charge in [0.25, 0.3) is 0 Å². The van der Waals surface area contributed by atoms with Crippen molar-refractivity contribution in [1.29, 1.82) is 0 Å². The van der Waals surface area contributed by atoms with Crippen molar-refractivity contribution >= 4 is 52.4 Å². The number of rotatable bonds is 10. The van der Waals surface area contributed by atoms with E-state index in [2.05, 4.69) is 10.3 Å². The molecule has 0 amide bonds. The van der Waals surface area contributed by atoms with Crippen LogP contribution < -0.4 is 5.32 Å². The maximum absolute atomic E-state index is 13.1. The first-order chi connectivity index (χ1) is 17.0. The van der Waals surface area contributed by atoms with Gasteiger partial charge in [-0.05, 0) is 44.4 Å². The second-order valence-corrected chi connectivity index (χ2v) is 10.9. The average molecular weight is 557 g/mol. The van der Waals surface area contributed by atoms with Crippen molar-refractivity contribution in [3.8, 4) is 0 Å². The van der Waals surface area contributed by atoms with Crippen LogP contribution >= 0.6 is 34.5 Å². The number of benzene rings is 1. The van der Waals surface area contributed by atoms with Gasteiger partial charge in [0.2, 0.25) is 0 Å². The number of nitrogens with one attached hydrogen (secondary N) is 1. The van der Waals surface area contributed by atoms with Gasteiger partial charge in [0.05, 0.1) is 28.9 Å². The zero-order chi connectivity index (χ0) is 26.7. The second kappa shape index (κ2) is 11.5. The third kappa shape index (κ3) is 4.98. The fraction of sp³-hybridized carbons (Fsp3) is 0.520. The number of aryl methyl sites for hydroxylation is 1. The van der Waals surface area contributed by atoms with Crippen molar-refractivity contribution in [2.45, 2.75) is 64.5 Å². The summed E-state index contributed by atoms with van der Waals surface area (Å²) in [6.45, 7) is 5.01. The predicted molar refractivity (Wildman–Crippen MR) is 138 cm³/mol. The van der Waals surface area contributed by atoms with Gasteiger partial charge in [-0.15, -0.1) is 11.3 Å². The molecule has 1 aliphatic rings. The number of hydrogen-bond acceptors (Lipinski definition) is 7. The van der Waals surface area contributed by atoms with Gasteiger partial charge in [-0.2, -0.15) is 0 Å². The molecule has 2 heterocycles. The number of esters is 1. The highest BCUT2D eigenvalue weighted by Gasteiger charge is 2.67. The molecule has 1 fully saturated rings. The summed E-state index contributed by atoms with van der Waals surface area (Å²) >= 11 is 14.7. The van der Waals surface area contributed by atoms with Crippen LogP contribution in [0.1, 0.15) is 56.5 Å². The molecule has 3 N–H and O–H groups in total. The van der Waals surface area contributed by atoms with E-state index in [-0.39, 0.29) is 35.1 Å². The number of aliphatic carboxylic acids is 2. The van der Waals surface area contributed by atoms with Crippen LogP contribution in [0.5, 0.6) is 0 Å². The largest absolute Gasteiger partial charge is 0.481 e. The summed E-state index contributed by atoms with van der Waals surface area (Å²) in [5.74, 6) is -4.16. The Labute approximate surface area is 224 Å². The third-order valence-electron chi connectivity index (χ3n) is 7.40. The minimum Gasteiger partial charge on any atom is -0.481 e. The number of carbonyl (C=O) groups excluding carboxylic acids is 1. The fourth-order valence-electron chi connectivity index (χ4n) is 5.65. The highest BCUT2D eigenvalue weighted by atomic mass is 35.5. The van der Waals surface area contributed by atoms with Crippen LogP contribution in [0.15, 0.2) is 29.8 Å². The maximum Gasteiger partial charge on any atom is 0.311 e. The van der Waals surface area contributed by atoms with E-state index in [1.165, 1.54) is 18.3 Å². The molecule has 1 aliphatic heterocycles. The Hall–Kier alpha value is -2.20. The first-order valence-electron chi connectivity index (χ1n) is 11.7. The quantitative estimate of drug-likeness (QED) is 0.348. The van der Waals surface area contributed by atoms with Gasteiger partial charge in [-0.25, -0.2) is 4.98 Å². The van der Waals surface area contributed by atoms with Crippen molar-refractivity contribution < 1.29 is 29.3 Å². The molecule has 5 atom stereocenters. The van der Waals surface area contributed by atoms with Crippen molar-refractivity contribution in [2.75, 3.05) is 6.61 Å². The molecule has 0 spiro atoms. The van der Waals surface area contributed by atoms with Crippen molar-refractivity contribution in [3.63, 3.8) is 0 Å². The van der Waals surface area contributed by atoms with Gasteiger partial charge < -0.3 is 20.3 Å². The molecule has 0 bridgehead atoms. The lowest BCUT2D eigenvalue weighted by molar-refractivity contribution is -0.174. The number of piperidine rings is 1. The van der Waals surface area contributed by atoms with E-state index in [9.17, 15) is 24.6 Å². The van der Waals surface area contributed by atoms with Crippen molar-refractivity contribution in [1.82, 2.24) is 10.3 Å². The predicted octanol–water partition coefficient (Wildman–Crippen LogP) is 5.03. The number of nitrogens with zero attached hydrogens (tertiary/aromatic N) is 1. The lowest BCUT2D eigenvalue weighted by Gasteiger charge is -2.57. The molecule has 8 nitrogen and oxygen atoms in total. The van der Waals surface area contributed by atoms with Gasteiger partial charge in [0.15, 0.2) is 0 Å². The maximum atomic E-state index is 13.1. The monoisotopic (exact) mass is 556 g/mol. The van der Waals surface area contributed by atoms with Crippen molar-refractivity contribution in [2.24, 2.45) is 10.8 Å². The van der Waals surface area contributed by atoms with Crippen LogP contribution in [0.4, 0.5) is 0 Å². The second-order valence-electron chi connectivity index (χ2n) is 9.10. The van der Waals surface area contributed by atoms with E-state index >= 15 is 0 Å². The molecule has 1 aromatic heterocycles. The first kappa shape index (κ1) is 28.4. The molecule has 3 rings (SSSR count). The Morgan fingerprint density at radius 2 is 1.81 bits per heavy atom. The van der Waals surface area contributed by atoms with Crippen LogP contribution in [0, 0.1) is 10.8 Å². The summed E-state index contributed by atoms with van der Waals surface area (Å²) in [5, 5.41) is 27.7. The SMILES string of the molecule is CCOC(=O)CC1NC(CCc2nccs2)C(C)(C(=O)O)C(c2c(Cl)cccc2Cl)C1(CC)C(=O)O. The van der Waals surface area contributed by atoms with E-state index in [1.54, 1.807) is 38.2 Å². The van der Waals surface area contributed by atoms with E-state index in [4.69, 9.17) is 27.9 Å². The average Bonchev–Trinajstić information content (AvgIpc) is 3.33. The Bertz CT molecular complexity index is 1090. The lowest BCUT2D eigenvalue weighted by Crippen LogP contribution is -2.70. The number of carboxylic acid groups (broad SMARTS) is 2. The number of halogens is 2. The summed E-state index contributed by atoms with van der Waals surface area (Å²) in [6.07, 6.45) is 2.25. The van der Waals surface area contributed by atoms with Crippen LogP contribution in [0.25, 0.3) is 0 Å². The fourth-order valence-corrected chi connectivity index (χ4v) is 6.90. The highest BCUT2D eigenvalue weighted by molar-refractivity contribution is 7.09. The van der Waals surface area contributed by atoms with E-state index < -0.39 is 46.7 Å². The molecule has 0 radical (unpaired) electrons. The van der Waals surface area contributed by atoms with Crippen molar-refractivity contribution in [3.05, 3.63) is 50.4 Å². The number of thiazole rings is 1. The highest BCUT2D eigenvalue weighted by Crippen LogP contribution is 2.60. The normalized spacial score (nSPS) is 28.0. The number of carbonyl (C=O) groups is 3.